The van der Waals surface area contributed by atoms with Crippen LogP contribution in [0.5, 0.6) is 0 Å². The van der Waals surface area contributed by atoms with Gasteiger partial charge in [0.2, 0.25) is 11.8 Å². The third-order valence-corrected chi connectivity index (χ3v) is 3.10. The van der Waals surface area contributed by atoms with Crippen molar-refractivity contribution in [2.45, 2.75) is 6.42 Å². The summed E-state index contributed by atoms with van der Waals surface area (Å²) in [4.78, 5) is 0. The summed E-state index contributed by atoms with van der Waals surface area (Å²) in [7, 11) is 0. The number of benzene rings is 1. The molecule has 1 aliphatic rings. The Morgan fingerprint density at radius 2 is 2.24 bits per heavy atom. The van der Waals surface area contributed by atoms with Crippen LogP contribution < -0.4 is 5.32 Å². The van der Waals surface area contributed by atoms with E-state index in [1.54, 1.807) is 0 Å². The number of rotatable bonds is 3. The monoisotopic (exact) mass is 249 g/mol. The number of halogens is 1. The van der Waals surface area contributed by atoms with Gasteiger partial charge >= 0.3 is 0 Å². The van der Waals surface area contributed by atoms with Crippen LogP contribution in [-0.4, -0.2) is 23.3 Å². The molecule has 0 amide bonds. The SMILES string of the molecule is Clc1cccc(-c2nnc(CC3CNC3)o2)c1. The van der Waals surface area contributed by atoms with Gasteiger partial charge in [0.15, 0.2) is 0 Å². The van der Waals surface area contributed by atoms with Crippen LogP contribution in [0.2, 0.25) is 5.02 Å². The van der Waals surface area contributed by atoms with Gasteiger partial charge in [0.05, 0.1) is 0 Å². The number of hydrogen-bond donors (Lipinski definition) is 1. The van der Waals surface area contributed by atoms with E-state index in [4.69, 9.17) is 16.0 Å². The summed E-state index contributed by atoms with van der Waals surface area (Å²) < 4.78 is 5.62. The minimum Gasteiger partial charge on any atom is -0.421 e. The molecule has 0 unspecified atom stereocenters. The first-order chi connectivity index (χ1) is 8.31. The molecule has 1 saturated heterocycles. The highest BCUT2D eigenvalue weighted by Crippen LogP contribution is 2.22. The maximum Gasteiger partial charge on any atom is 0.247 e. The molecule has 0 spiro atoms. The van der Waals surface area contributed by atoms with Crippen molar-refractivity contribution in [3.63, 3.8) is 0 Å². The molecule has 0 aliphatic carbocycles. The summed E-state index contributed by atoms with van der Waals surface area (Å²) in [6, 6.07) is 7.43. The van der Waals surface area contributed by atoms with Crippen molar-refractivity contribution in [1.82, 2.24) is 15.5 Å². The van der Waals surface area contributed by atoms with E-state index >= 15 is 0 Å². The minimum atomic E-state index is 0.537. The molecule has 4 nitrogen and oxygen atoms in total. The minimum absolute atomic E-state index is 0.537. The zero-order valence-corrected chi connectivity index (χ0v) is 9.94. The number of aromatic nitrogens is 2. The summed E-state index contributed by atoms with van der Waals surface area (Å²) in [6.07, 6.45) is 0.848. The summed E-state index contributed by atoms with van der Waals surface area (Å²) in [6.45, 7) is 2.07. The quantitative estimate of drug-likeness (QED) is 0.906. The second-order valence-corrected chi connectivity index (χ2v) is 4.68. The lowest BCUT2D eigenvalue weighted by molar-refractivity contribution is 0.319. The second kappa shape index (κ2) is 4.47. The molecule has 5 heteroatoms. The first-order valence-corrected chi connectivity index (χ1v) is 5.98. The van der Waals surface area contributed by atoms with E-state index in [1.807, 2.05) is 24.3 Å². The van der Waals surface area contributed by atoms with E-state index in [2.05, 4.69) is 15.5 Å². The highest BCUT2D eigenvalue weighted by Gasteiger charge is 2.20. The molecule has 0 saturated carbocycles. The standard InChI is InChI=1S/C12H12ClN3O/c13-10-3-1-2-9(5-10)12-16-15-11(17-12)4-8-6-14-7-8/h1-3,5,8,14H,4,6-7H2. The third-order valence-electron chi connectivity index (χ3n) is 2.87. The zero-order chi connectivity index (χ0) is 11.7. The molecule has 0 radical (unpaired) electrons. The van der Waals surface area contributed by atoms with Gasteiger partial charge in [-0.15, -0.1) is 10.2 Å². The number of nitrogens with zero attached hydrogens (tertiary/aromatic N) is 2. The largest absolute Gasteiger partial charge is 0.421 e. The zero-order valence-electron chi connectivity index (χ0n) is 9.19. The van der Waals surface area contributed by atoms with Crippen LogP contribution in [0.4, 0.5) is 0 Å². The van der Waals surface area contributed by atoms with Crippen LogP contribution in [0.1, 0.15) is 5.89 Å². The summed E-state index contributed by atoms with van der Waals surface area (Å²) in [5, 5.41) is 12.0. The van der Waals surface area contributed by atoms with Gasteiger partial charge in [-0.2, -0.15) is 0 Å². The van der Waals surface area contributed by atoms with Gasteiger partial charge in [-0.3, -0.25) is 0 Å². The van der Waals surface area contributed by atoms with Crippen molar-refractivity contribution in [3.8, 4) is 11.5 Å². The van der Waals surface area contributed by atoms with Gasteiger partial charge in [0.25, 0.3) is 0 Å². The Labute approximate surface area is 104 Å². The summed E-state index contributed by atoms with van der Waals surface area (Å²) >= 11 is 5.92. The Bertz CT molecular complexity index is 522. The van der Waals surface area contributed by atoms with Gasteiger partial charge in [-0.25, -0.2) is 0 Å². The second-order valence-electron chi connectivity index (χ2n) is 4.24. The fraction of sp³-hybridized carbons (Fsp3) is 0.333. The predicted octanol–water partition coefficient (Wildman–Crippen LogP) is 2.15. The number of hydrogen-bond acceptors (Lipinski definition) is 4. The van der Waals surface area contributed by atoms with Crippen molar-refractivity contribution in [1.29, 1.82) is 0 Å². The van der Waals surface area contributed by atoms with Crippen LogP contribution in [0.15, 0.2) is 28.7 Å². The van der Waals surface area contributed by atoms with Gasteiger partial charge in [-0.05, 0) is 37.2 Å². The molecule has 1 N–H and O–H groups in total. The van der Waals surface area contributed by atoms with Crippen LogP contribution in [0.25, 0.3) is 11.5 Å². The van der Waals surface area contributed by atoms with Crippen molar-refractivity contribution < 1.29 is 4.42 Å². The van der Waals surface area contributed by atoms with Crippen molar-refractivity contribution >= 4 is 11.6 Å². The van der Waals surface area contributed by atoms with E-state index in [9.17, 15) is 0 Å². The summed E-state index contributed by atoms with van der Waals surface area (Å²) in [5.41, 5.74) is 0.864. The Morgan fingerprint density at radius 1 is 1.35 bits per heavy atom. The lowest BCUT2D eigenvalue weighted by Gasteiger charge is -2.25. The fourth-order valence-corrected chi connectivity index (χ4v) is 2.00. The maximum atomic E-state index is 5.92. The van der Waals surface area contributed by atoms with Crippen molar-refractivity contribution in [3.05, 3.63) is 35.2 Å². The van der Waals surface area contributed by atoms with E-state index in [1.165, 1.54) is 0 Å². The first kappa shape index (κ1) is 10.7. The normalized spacial score (nSPS) is 15.8. The highest BCUT2D eigenvalue weighted by molar-refractivity contribution is 6.30. The number of nitrogens with one attached hydrogen (secondary N) is 1. The maximum absolute atomic E-state index is 5.92. The smallest absolute Gasteiger partial charge is 0.247 e. The molecule has 2 aromatic rings. The molecule has 1 aromatic carbocycles. The fourth-order valence-electron chi connectivity index (χ4n) is 1.81. The van der Waals surface area contributed by atoms with Crippen LogP contribution in [0.3, 0.4) is 0 Å². The topological polar surface area (TPSA) is 51.0 Å². The predicted molar refractivity (Wildman–Crippen MR) is 64.8 cm³/mol. The molecule has 17 heavy (non-hydrogen) atoms. The molecule has 1 aromatic heterocycles. The van der Waals surface area contributed by atoms with Crippen LogP contribution in [0, 0.1) is 5.92 Å². The van der Waals surface area contributed by atoms with E-state index in [-0.39, 0.29) is 0 Å². The molecule has 1 aliphatic heterocycles. The molecule has 3 rings (SSSR count). The summed E-state index contributed by atoms with van der Waals surface area (Å²) in [5.74, 6) is 1.86. The van der Waals surface area contributed by atoms with E-state index in [0.717, 1.165) is 25.1 Å². The average molecular weight is 250 g/mol. The lowest BCUT2D eigenvalue weighted by Crippen LogP contribution is -2.43. The third kappa shape index (κ3) is 2.33. The Kier molecular flexibility index (Phi) is 2.82. The van der Waals surface area contributed by atoms with E-state index < -0.39 is 0 Å². The van der Waals surface area contributed by atoms with Crippen LogP contribution in [-0.2, 0) is 6.42 Å². The lowest BCUT2D eigenvalue weighted by atomic mass is 10.00. The van der Waals surface area contributed by atoms with Crippen molar-refractivity contribution in [2.24, 2.45) is 5.92 Å². The molecular weight excluding hydrogens is 238 g/mol. The Balaban J connectivity index is 1.79. The van der Waals surface area contributed by atoms with Gasteiger partial charge in [0.1, 0.15) is 0 Å². The van der Waals surface area contributed by atoms with Crippen molar-refractivity contribution in [2.75, 3.05) is 13.1 Å². The molecule has 88 valence electrons. The van der Waals surface area contributed by atoms with Gasteiger partial charge in [0, 0.05) is 17.0 Å². The first-order valence-electron chi connectivity index (χ1n) is 5.60. The van der Waals surface area contributed by atoms with Gasteiger partial charge < -0.3 is 9.73 Å². The Hall–Kier alpha value is -1.39. The average Bonchev–Trinajstić information content (AvgIpc) is 2.72. The van der Waals surface area contributed by atoms with Crippen LogP contribution >= 0.6 is 11.6 Å². The molecule has 0 atom stereocenters. The molecule has 0 bridgehead atoms. The Morgan fingerprint density at radius 3 is 2.94 bits per heavy atom. The van der Waals surface area contributed by atoms with Gasteiger partial charge in [-0.1, -0.05) is 17.7 Å². The molecular formula is C12H12ClN3O. The molecule has 2 heterocycles. The van der Waals surface area contributed by atoms with E-state index in [0.29, 0.717) is 22.7 Å². The highest BCUT2D eigenvalue weighted by atomic mass is 35.5. The molecule has 1 fully saturated rings.